The van der Waals surface area contributed by atoms with Gasteiger partial charge in [-0.2, -0.15) is 0 Å². The van der Waals surface area contributed by atoms with Crippen LogP contribution in [0, 0.1) is 17.3 Å². The first-order valence-electron chi connectivity index (χ1n) is 11.9. The predicted molar refractivity (Wildman–Crippen MR) is 117 cm³/mol. The van der Waals surface area contributed by atoms with Gasteiger partial charge in [0.1, 0.15) is 0 Å². The highest BCUT2D eigenvalue weighted by atomic mass is 16.3. The molecule has 0 aromatic carbocycles. The third-order valence-electron chi connectivity index (χ3n) is 8.23. The van der Waals surface area contributed by atoms with Crippen molar-refractivity contribution in [3.05, 3.63) is 12.4 Å². The molecule has 2 aliphatic heterocycles. The molecule has 2 aliphatic carbocycles. The minimum absolute atomic E-state index is 0.115. The number of aliphatic hydroxyl groups is 1. The van der Waals surface area contributed by atoms with E-state index in [2.05, 4.69) is 21.7 Å². The van der Waals surface area contributed by atoms with Crippen LogP contribution < -0.4 is 0 Å². The number of carbonyl (C=O) groups is 1. The fourth-order valence-corrected chi connectivity index (χ4v) is 6.48. The summed E-state index contributed by atoms with van der Waals surface area (Å²) in [6.45, 7) is 4.97. The van der Waals surface area contributed by atoms with Crippen molar-refractivity contribution >= 4 is 12.1 Å². The van der Waals surface area contributed by atoms with Crippen LogP contribution in [0.4, 0.5) is 0 Å². The second-order valence-corrected chi connectivity index (χ2v) is 10.2. The Kier molecular flexibility index (Phi) is 6.33. The van der Waals surface area contributed by atoms with Gasteiger partial charge in [-0.05, 0) is 31.6 Å². The van der Waals surface area contributed by atoms with Crippen molar-refractivity contribution < 1.29 is 9.90 Å². The monoisotopic (exact) mass is 401 g/mol. The molecule has 1 spiro atoms. The Morgan fingerprint density at radius 2 is 1.93 bits per heavy atom. The molecule has 3 fully saturated rings. The molecule has 2 unspecified atom stereocenters. The van der Waals surface area contributed by atoms with Gasteiger partial charge in [-0.25, -0.2) is 0 Å². The van der Waals surface area contributed by atoms with Gasteiger partial charge < -0.3 is 14.9 Å². The van der Waals surface area contributed by atoms with Gasteiger partial charge in [0, 0.05) is 49.6 Å². The summed E-state index contributed by atoms with van der Waals surface area (Å²) in [5.41, 5.74) is -0.865. The second kappa shape index (κ2) is 8.79. The van der Waals surface area contributed by atoms with Crippen molar-refractivity contribution in [1.29, 1.82) is 0 Å². The van der Waals surface area contributed by atoms with Crippen LogP contribution in [0.2, 0.25) is 0 Å². The lowest BCUT2D eigenvalue weighted by atomic mass is 9.65. The van der Waals surface area contributed by atoms with E-state index in [1.54, 1.807) is 6.20 Å². The average Bonchev–Trinajstić information content (AvgIpc) is 3.21. The number of aliphatic imine (C=N–C) groups is 1. The van der Waals surface area contributed by atoms with Crippen LogP contribution in [0.15, 0.2) is 17.4 Å². The van der Waals surface area contributed by atoms with E-state index in [0.717, 1.165) is 38.3 Å². The highest BCUT2D eigenvalue weighted by molar-refractivity contribution is 5.78. The molecule has 0 radical (unpaired) electrons. The van der Waals surface area contributed by atoms with Gasteiger partial charge in [0.2, 0.25) is 5.91 Å². The van der Waals surface area contributed by atoms with Crippen LogP contribution in [0.3, 0.4) is 0 Å². The van der Waals surface area contributed by atoms with Crippen LogP contribution in [-0.2, 0) is 4.79 Å². The first-order valence-corrected chi connectivity index (χ1v) is 11.9. The van der Waals surface area contributed by atoms with Crippen LogP contribution in [-0.4, -0.2) is 58.8 Å². The van der Waals surface area contributed by atoms with E-state index in [4.69, 9.17) is 0 Å². The quantitative estimate of drug-likeness (QED) is 0.758. The minimum atomic E-state index is -0.720. The lowest BCUT2D eigenvalue weighted by Crippen LogP contribution is -2.64. The molecule has 162 valence electrons. The summed E-state index contributed by atoms with van der Waals surface area (Å²) in [6, 6.07) is 0. The standard InChI is InChI=1S/C24H39N3O2/c1-20(17-21-7-3-2-4-8-21)22(28)27-14-11-24(29,19-26-15-12-25-13-16-26)23(18-27)9-5-6-10-23/h12-13,15,20-21,29H,2-11,14,16-19H2,1H3. The molecule has 1 saturated heterocycles. The van der Waals surface area contributed by atoms with E-state index in [1.807, 2.05) is 12.4 Å². The molecule has 2 heterocycles. The van der Waals surface area contributed by atoms with Gasteiger partial charge in [0.15, 0.2) is 0 Å². The lowest BCUT2D eigenvalue weighted by molar-refractivity contribution is -0.162. The fourth-order valence-electron chi connectivity index (χ4n) is 6.48. The topological polar surface area (TPSA) is 56.1 Å². The molecule has 5 heteroatoms. The van der Waals surface area contributed by atoms with Crippen molar-refractivity contribution in [2.24, 2.45) is 22.2 Å². The average molecular weight is 402 g/mol. The molecule has 1 amide bonds. The summed E-state index contributed by atoms with van der Waals surface area (Å²) in [4.78, 5) is 21.8. The number of likely N-dealkylation sites (tertiary alicyclic amines) is 1. The van der Waals surface area contributed by atoms with E-state index in [-0.39, 0.29) is 11.3 Å². The van der Waals surface area contributed by atoms with Gasteiger partial charge in [0.25, 0.3) is 0 Å². The van der Waals surface area contributed by atoms with E-state index in [1.165, 1.54) is 44.9 Å². The third kappa shape index (κ3) is 4.40. The van der Waals surface area contributed by atoms with Gasteiger partial charge in [-0.15, -0.1) is 0 Å². The Hall–Kier alpha value is -1.36. The predicted octanol–water partition coefficient (Wildman–Crippen LogP) is 3.97. The smallest absolute Gasteiger partial charge is 0.225 e. The maximum Gasteiger partial charge on any atom is 0.225 e. The molecule has 29 heavy (non-hydrogen) atoms. The summed E-state index contributed by atoms with van der Waals surface area (Å²) in [5.74, 6) is 1.18. The lowest BCUT2D eigenvalue weighted by Gasteiger charge is -2.54. The molecule has 4 rings (SSSR count). The Morgan fingerprint density at radius 3 is 2.62 bits per heavy atom. The van der Waals surface area contributed by atoms with Gasteiger partial charge in [-0.1, -0.05) is 51.9 Å². The third-order valence-corrected chi connectivity index (χ3v) is 8.23. The van der Waals surface area contributed by atoms with E-state index < -0.39 is 5.60 Å². The van der Waals surface area contributed by atoms with Crippen molar-refractivity contribution in [3.8, 4) is 0 Å². The highest BCUT2D eigenvalue weighted by Crippen LogP contribution is 2.51. The number of β-amino-alcohol motifs (C(OH)–C–C–N with tert-alkyl or cyclic N) is 1. The number of rotatable bonds is 5. The maximum absolute atomic E-state index is 13.3. The van der Waals surface area contributed by atoms with Gasteiger partial charge in [0.05, 0.1) is 12.1 Å². The summed E-state index contributed by atoms with van der Waals surface area (Å²) in [7, 11) is 0. The molecule has 1 N–H and O–H groups in total. The van der Waals surface area contributed by atoms with Crippen LogP contribution in [0.1, 0.15) is 77.6 Å². The Labute approximate surface area is 176 Å². The second-order valence-electron chi connectivity index (χ2n) is 10.2. The molecule has 0 aromatic heterocycles. The van der Waals surface area contributed by atoms with E-state index in [0.29, 0.717) is 25.4 Å². The van der Waals surface area contributed by atoms with Crippen LogP contribution >= 0.6 is 0 Å². The largest absolute Gasteiger partial charge is 0.387 e. The van der Waals surface area contributed by atoms with E-state index in [9.17, 15) is 9.90 Å². The van der Waals surface area contributed by atoms with Crippen molar-refractivity contribution in [2.75, 3.05) is 26.2 Å². The number of amides is 1. The van der Waals surface area contributed by atoms with Crippen LogP contribution in [0.25, 0.3) is 0 Å². The van der Waals surface area contributed by atoms with E-state index >= 15 is 0 Å². The maximum atomic E-state index is 13.3. The zero-order chi connectivity index (χ0) is 20.3. The van der Waals surface area contributed by atoms with Crippen molar-refractivity contribution in [2.45, 2.75) is 83.2 Å². The molecular weight excluding hydrogens is 362 g/mol. The first kappa shape index (κ1) is 20.9. The van der Waals surface area contributed by atoms with Gasteiger partial charge >= 0.3 is 0 Å². The number of hydrogen-bond donors (Lipinski definition) is 1. The summed E-state index contributed by atoms with van der Waals surface area (Å²) < 4.78 is 0. The highest BCUT2D eigenvalue weighted by Gasteiger charge is 2.56. The fraction of sp³-hybridized carbons (Fsp3) is 0.833. The normalized spacial score (nSPS) is 30.8. The van der Waals surface area contributed by atoms with Crippen LogP contribution in [0.5, 0.6) is 0 Å². The molecular formula is C24H39N3O2. The Morgan fingerprint density at radius 1 is 1.17 bits per heavy atom. The zero-order valence-corrected chi connectivity index (χ0v) is 18.2. The summed E-state index contributed by atoms with van der Waals surface area (Å²) >= 11 is 0. The number of carbonyl (C=O) groups excluding carboxylic acids is 1. The molecule has 2 saturated carbocycles. The summed E-state index contributed by atoms with van der Waals surface area (Å²) in [5, 5.41) is 11.8. The van der Waals surface area contributed by atoms with Crippen molar-refractivity contribution in [1.82, 2.24) is 9.80 Å². The number of piperidine rings is 1. The minimum Gasteiger partial charge on any atom is -0.387 e. The Balaban J connectivity index is 1.42. The number of nitrogens with zero attached hydrogens (tertiary/aromatic N) is 3. The molecule has 0 bridgehead atoms. The Bertz CT molecular complexity index is 634. The first-order chi connectivity index (χ1) is 14.0. The zero-order valence-electron chi connectivity index (χ0n) is 18.2. The number of hydrogen-bond acceptors (Lipinski definition) is 4. The summed E-state index contributed by atoms with van der Waals surface area (Å²) in [6.07, 6.45) is 18.5. The molecule has 0 aromatic rings. The van der Waals surface area contributed by atoms with Crippen molar-refractivity contribution in [3.63, 3.8) is 0 Å². The molecule has 4 aliphatic rings. The SMILES string of the molecule is CC(CC1CCCCC1)C(=O)N1CCC(O)(CN2C=CN=CC2)C2(CCCC2)C1. The van der Waals surface area contributed by atoms with Gasteiger partial charge in [-0.3, -0.25) is 9.79 Å². The molecule has 2 atom stereocenters. The molecule has 5 nitrogen and oxygen atoms in total.